The summed E-state index contributed by atoms with van der Waals surface area (Å²) in [4.78, 5) is 11.8. The second-order valence-corrected chi connectivity index (χ2v) is 6.30. The number of nitrogens with zero attached hydrogens (tertiary/aromatic N) is 1. The third-order valence-corrected chi connectivity index (χ3v) is 3.26. The van der Waals surface area contributed by atoms with Gasteiger partial charge in [-0.25, -0.2) is 4.79 Å². The molecule has 21 heavy (non-hydrogen) atoms. The highest BCUT2D eigenvalue weighted by Gasteiger charge is 2.18. The summed E-state index contributed by atoms with van der Waals surface area (Å²) >= 11 is 0. The van der Waals surface area contributed by atoms with Gasteiger partial charge in [-0.15, -0.1) is 0 Å². The fourth-order valence-corrected chi connectivity index (χ4v) is 2.24. The van der Waals surface area contributed by atoms with Crippen LogP contribution in [0.15, 0.2) is 6.20 Å². The molecule has 0 radical (unpaired) electrons. The monoisotopic (exact) mass is 295 g/mol. The van der Waals surface area contributed by atoms with Crippen molar-refractivity contribution in [3.63, 3.8) is 0 Å². The van der Waals surface area contributed by atoms with E-state index in [1.54, 1.807) is 6.20 Å². The number of ether oxygens (including phenoxy) is 1. The SMILES string of the molecule is CC(C)(C)OC(=O)Nc1[nH]ncc1CNC1CCNCC1. The van der Waals surface area contributed by atoms with Crippen molar-refractivity contribution in [2.24, 2.45) is 0 Å². The van der Waals surface area contributed by atoms with Gasteiger partial charge in [0.1, 0.15) is 11.4 Å². The molecular formula is C14H25N5O2. The van der Waals surface area contributed by atoms with E-state index in [0.717, 1.165) is 31.5 Å². The number of anilines is 1. The Morgan fingerprint density at radius 1 is 1.43 bits per heavy atom. The summed E-state index contributed by atoms with van der Waals surface area (Å²) in [6.07, 6.45) is 3.48. The highest BCUT2D eigenvalue weighted by molar-refractivity contribution is 5.84. The number of H-pyrrole nitrogens is 1. The predicted octanol–water partition coefficient (Wildman–Crippen LogP) is 1.60. The van der Waals surface area contributed by atoms with E-state index < -0.39 is 11.7 Å². The summed E-state index contributed by atoms with van der Waals surface area (Å²) in [5.41, 5.74) is 0.414. The smallest absolute Gasteiger partial charge is 0.413 e. The van der Waals surface area contributed by atoms with Crippen LogP contribution in [0.3, 0.4) is 0 Å². The number of aromatic amines is 1. The molecule has 1 aromatic rings. The van der Waals surface area contributed by atoms with E-state index in [2.05, 4.69) is 26.1 Å². The highest BCUT2D eigenvalue weighted by atomic mass is 16.6. The lowest BCUT2D eigenvalue weighted by molar-refractivity contribution is 0.0635. The van der Waals surface area contributed by atoms with Crippen molar-refractivity contribution in [2.75, 3.05) is 18.4 Å². The summed E-state index contributed by atoms with van der Waals surface area (Å²) in [5, 5.41) is 16.3. The summed E-state index contributed by atoms with van der Waals surface area (Å²) in [5.74, 6) is 0.589. The van der Waals surface area contributed by atoms with Crippen molar-refractivity contribution >= 4 is 11.9 Å². The molecule has 1 saturated heterocycles. The molecule has 7 nitrogen and oxygen atoms in total. The van der Waals surface area contributed by atoms with Gasteiger partial charge in [0.25, 0.3) is 0 Å². The summed E-state index contributed by atoms with van der Waals surface area (Å²) in [6.45, 7) is 8.27. The lowest BCUT2D eigenvalue weighted by Gasteiger charge is -2.23. The number of hydrogen-bond acceptors (Lipinski definition) is 5. The maximum atomic E-state index is 11.8. The van der Waals surface area contributed by atoms with Crippen molar-refractivity contribution in [1.82, 2.24) is 20.8 Å². The van der Waals surface area contributed by atoms with Crippen LogP contribution >= 0.6 is 0 Å². The second-order valence-electron chi connectivity index (χ2n) is 6.30. The molecule has 0 aromatic carbocycles. The molecule has 0 saturated carbocycles. The van der Waals surface area contributed by atoms with Crippen molar-refractivity contribution < 1.29 is 9.53 Å². The average Bonchev–Trinajstić information content (AvgIpc) is 2.82. The van der Waals surface area contributed by atoms with Gasteiger partial charge in [-0.2, -0.15) is 5.10 Å². The van der Waals surface area contributed by atoms with Gasteiger partial charge in [0.05, 0.1) is 6.20 Å². The van der Waals surface area contributed by atoms with Crippen LogP contribution in [0.1, 0.15) is 39.2 Å². The quantitative estimate of drug-likeness (QED) is 0.677. The van der Waals surface area contributed by atoms with E-state index in [4.69, 9.17) is 4.74 Å². The molecule has 0 atom stereocenters. The summed E-state index contributed by atoms with van der Waals surface area (Å²) in [7, 11) is 0. The van der Waals surface area contributed by atoms with Crippen LogP contribution < -0.4 is 16.0 Å². The van der Waals surface area contributed by atoms with Crippen LogP contribution in [0.25, 0.3) is 0 Å². The van der Waals surface area contributed by atoms with Crippen LogP contribution in [0, 0.1) is 0 Å². The molecule has 2 heterocycles. The molecule has 1 aliphatic rings. The first-order valence-corrected chi connectivity index (χ1v) is 7.40. The first kappa shape index (κ1) is 15.8. The lowest BCUT2D eigenvalue weighted by Crippen LogP contribution is -2.39. The van der Waals surface area contributed by atoms with E-state index in [1.807, 2.05) is 20.8 Å². The van der Waals surface area contributed by atoms with Crippen LogP contribution in [-0.2, 0) is 11.3 Å². The predicted molar refractivity (Wildman–Crippen MR) is 81.2 cm³/mol. The molecule has 0 aliphatic carbocycles. The van der Waals surface area contributed by atoms with Crippen LogP contribution in [0.2, 0.25) is 0 Å². The third-order valence-electron chi connectivity index (χ3n) is 3.26. The van der Waals surface area contributed by atoms with Crippen molar-refractivity contribution in [3.05, 3.63) is 11.8 Å². The Morgan fingerprint density at radius 3 is 2.81 bits per heavy atom. The molecule has 1 fully saturated rings. The van der Waals surface area contributed by atoms with E-state index in [-0.39, 0.29) is 0 Å². The fraction of sp³-hybridized carbons (Fsp3) is 0.714. The Morgan fingerprint density at radius 2 is 2.14 bits per heavy atom. The second kappa shape index (κ2) is 6.91. The largest absolute Gasteiger partial charge is 0.444 e. The third kappa shape index (κ3) is 5.35. The molecule has 0 bridgehead atoms. The topological polar surface area (TPSA) is 91.1 Å². The van der Waals surface area contributed by atoms with E-state index in [0.29, 0.717) is 18.4 Å². The first-order valence-electron chi connectivity index (χ1n) is 7.40. The van der Waals surface area contributed by atoms with Crippen LogP contribution in [0.5, 0.6) is 0 Å². The molecule has 118 valence electrons. The molecule has 1 aromatic heterocycles. The minimum absolute atomic E-state index is 0.477. The van der Waals surface area contributed by atoms with E-state index in [9.17, 15) is 4.79 Å². The van der Waals surface area contributed by atoms with Crippen molar-refractivity contribution in [1.29, 1.82) is 0 Å². The minimum Gasteiger partial charge on any atom is -0.444 e. The van der Waals surface area contributed by atoms with Crippen LogP contribution in [0.4, 0.5) is 10.6 Å². The maximum Gasteiger partial charge on any atom is 0.413 e. The van der Waals surface area contributed by atoms with Gasteiger partial charge in [0.15, 0.2) is 0 Å². The molecule has 7 heteroatoms. The summed E-state index contributed by atoms with van der Waals surface area (Å²) < 4.78 is 5.23. The Bertz CT molecular complexity index is 460. The molecule has 0 unspecified atom stereocenters. The molecule has 0 spiro atoms. The molecule has 2 rings (SSSR count). The molecule has 4 N–H and O–H groups in total. The standard InChI is InChI=1S/C14H25N5O2/c1-14(2,3)21-13(20)18-12-10(9-17-19-12)8-16-11-4-6-15-7-5-11/h9,11,15-16H,4-8H2,1-3H3,(H2,17,18,19,20). The van der Waals surface area contributed by atoms with Crippen molar-refractivity contribution in [3.8, 4) is 0 Å². The zero-order valence-corrected chi connectivity index (χ0v) is 13.0. The van der Waals surface area contributed by atoms with Gasteiger partial charge < -0.3 is 15.4 Å². The Kier molecular flexibility index (Phi) is 5.19. The van der Waals surface area contributed by atoms with E-state index >= 15 is 0 Å². The number of amides is 1. The van der Waals surface area contributed by atoms with E-state index in [1.165, 1.54) is 0 Å². The van der Waals surface area contributed by atoms with Gasteiger partial charge in [0, 0.05) is 18.2 Å². The molecule has 1 aliphatic heterocycles. The molecular weight excluding hydrogens is 270 g/mol. The first-order chi connectivity index (χ1) is 9.94. The number of rotatable bonds is 4. The van der Waals surface area contributed by atoms with Gasteiger partial charge in [-0.1, -0.05) is 0 Å². The number of aromatic nitrogens is 2. The number of nitrogens with one attached hydrogen (secondary N) is 4. The zero-order chi connectivity index (χ0) is 15.3. The van der Waals surface area contributed by atoms with Crippen LogP contribution in [-0.4, -0.2) is 41.0 Å². The molecule has 1 amide bonds. The van der Waals surface area contributed by atoms with Gasteiger partial charge in [-0.05, 0) is 46.7 Å². The maximum absolute atomic E-state index is 11.8. The normalized spacial score (nSPS) is 16.7. The zero-order valence-electron chi connectivity index (χ0n) is 13.0. The summed E-state index contributed by atoms with van der Waals surface area (Å²) in [6, 6.07) is 0.510. The number of piperidine rings is 1. The lowest BCUT2D eigenvalue weighted by atomic mass is 10.1. The Labute approximate surface area is 125 Å². The minimum atomic E-state index is -0.516. The number of carbonyl (C=O) groups excluding carboxylic acids is 1. The van der Waals surface area contributed by atoms with Gasteiger partial charge in [0.2, 0.25) is 0 Å². The number of hydrogen-bond donors (Lipinski definition) is 4. The average molecular weight is 295 g/mol. The van der Waals surface area contributed by atoms with Gasteiger partial charge in [-0.3, -0.25) is 10.4 Å². The highest BCUT2D eigenvalue weighted by Crippen LogP contribution is 2.14. The Hall–Kier alpha value is -1.60. The Balaban J connectivity index is 1.84. The van der Waals surface area contributed by atoms with Gasteiger partial charge >= 0.3 is 6.09 Å². The van der Waals surface area contributed by atoms with Crippen molar-refractivity contribution in [2.45, 2.75) is 51.8 Å². The number of carbonyl (C=O) groups is 1. The fourth-order valence-electron chi connectivity index (χ4n) is 2.24.